The maximum atomic E-state index is 6.02. The molecule has 1 saturated heterocycles. The summed E-state index contributed by atoms with van der Waals surface area (Å²) in [4.78, 5) is 1.22. The topological polar surface area (TPSA) is 12.5 Å². The van der Waals surface area contributed by atoms with Gasteiger partial charge in [0.05, 0.1) is 6.61 Å². The fourth-order valence-corrected chi connectivity index (χ4v) is 8.53. The van der Waals surface area contributed by atoms with Gasteiger partial charge < -0.3 is 4.52 Å². The first-order valence-corrected chi connectivity index (χ1v) is 10.5. The molecule has 100 valence electrons. The van der Waals surface area contributed by atoms with Gasteiger partial charge in [0.1, 0.15) is 0 Å². The van der Waals surface area contributed by atoms with E-state index in [0.29, 0.717) is 6.04 Å². The predicted molar refractivity (Wildman–Crippen MR) is 83.6 cm³/mol. The smallest absolute Gasteiger partial charge is 0.193 e. The van der Waals surface area contributed by atoms with E-state index >= 15 is 0 Å². The Kier molecular flexibility index (Phi) is 5.28. The van der Waals surface area contributed by atoms with Crippen molar-refractivity contribution in [3.05, 3.63) is 30.3 Å². The average Bonchev–Trinajstić information content (AvgIpc) is 2.39. The lowest BCUT2D eigenvalue weighted by molar-refractivity contribution is 0.220. The van der Waals surface area contributed by atoms with E-state index in [0.717, 1.165) is 26.0 Å². The molecule has 1 heterocycles. The van der Waals surface area contributed by atoms with Crippen LogP contribution in [-0.2, 0) is 16.3 Å². The SMILES string of the molecule is CC[C@H](C)N1CCCO[P@@]1(=S)Sc1ccccc1. The number of benzene rings is 1. The highest BCUT2D eigenvalue weighted by atomic mass is 32.9. The molecule has 0 spiro atoms. The first-order valence-electron chi connectivity index (χ1n) is 6.42. The standard InChI is InChI=1S/C13H20NOPS2/c1-3-12(2)14-10-7-11-15-16(14,17)18-13-8-5-4-6-9-13/h4-6,8-9,12H,3,7,10-11H2,1-2H3/t12-,16-/m0/s1. The summed E-state index contributed by atoms with van der Waals surface area (Å²) in [6.45, 7) is 6.35. The molecule has 0 radical (unpaired) electrons. The lowest BCUT2D eigenvalue weighted by Crippen LogP contribution is -2.34. The molecule has 1 aliphatic rings. The highest BCUT2D eigenvalue weighted by Gasteiger charge is 2.34. The zero-order chi connectivity index (χ0) is 13.0. The number of hydrogen-bond acceptors (Lipinski definition) is 3. The molecule has 2 rings (SSSR count). The first kappa shape index (κ1) is 14.5. The van der Waals surface area contributed by atoms with Crippen molar-refractivity contribution < 1.29 is 4.52 Å². The van der Waals surface area contributed by atoms with Gasteiger partial charge in [0, 0.05) is 17.5 Å². The van der Waals surface area contributed by atoms with E-state index in [4.69, 9.17) is 16.3 Å². The summed E-state index contributed by atoms with van der Waals surface area (Å²) in [5, 5.41) is 0. The Labute approximate surface area is 119 Å². The molecular formula is C13H20NOPS2. The van der Waals surface area contributed by atoms with Crippen LogP contribution in [0.15, 0.2) is 35.2 Å². The molecular weight excluding hydrogens is 281 g/mol. The van der Waals surface area contributed by atoms with Gasteiger partial charge in [-0.15, -0.1) is 0 Å². The molecule has 5 heteroatoms. The van der Waals surface area contributed by atoms with Crippen molar-refractivity contribution in [2.45, 2.75) is 37.6 Å². The second-order valence-electron chi connectivity index (χ2n) is 4.48. The molecule has 0 unspecified atom stereocenters. The Morgan fingerprint density at radius 3 is 2.83 bits per heavy atom. The molecule has 0 aromatic heterocycles. The van der Waals surface area contributed by atoms with Gasteiger partial charge in [-0.2, -0.15) is 0 Å². The van der Waals surface area contributed by atoms with Crippen LogP contribution >= 0.6 is 17.0 Å². The molecule has 0 aliphatic carbocycles. The van der Waals surface area contributed by atoms with E-state index in [1.165, 1.54) is 4.90 Å². The van der Waals surface area contributed by atoms with E-state index < -0.39 is 5.62 Å². The fourth-order valence-electron chi connectivity index (χ4n) is 1.97. The summed E-state index contributed by atoms with van der Waals surface area (Å²) in [5.41, 5.74) is -1.93. The minimum atomic E-state index is -1.93. The van der Waals surface area contributed by atoms with Crippen LogP contribution in [0.4, 0.5) is 0 Å². The van der Waals surface area contributed by atoms with Gasteiger partial charge in [0.15, 0.2) is 5.62 Å². The van der Waals surface area contributed by atoms with Crippen LogP contribution in [0.1, 0.15) is 26.7 Å². The molecule has 0 bridgehead atoms. The number of hydrogen-bond donors (Lipinski definition) is 0. The van der Waals surface area contributed by atoms with Gasteiger partial charge in [-0.3, -0.25) is 0 Å². The van der Waals surface area contributed by atoms with Crippen LogP contribution in [-0.4, -0.2) is 23.9 Å². The van der Waals surface area contributed by atoms with Gasteiger partial charge in [0.25, 0.3) is 0 Å². The normalized spacial score (nSPS) is 27.0. The summed E-state index contributed by atoms with van der Waals surface area (Å²) in [7, 11) is 0. The van der Waals surface area contributed by atoms with Gasteiger partial charge in [-0.1, -0.05) is 25.1 Å². The van der Waals surface area contributed by atoms with E-state index in [1.807, 2.05) is 6.07 Å². The fraction of sp³-hybridized carbons (Fsp3) is 0.538. The zero-order valence-electron chi connectivity index (χ0n) is 10.9. The van der Waals surface area contributed by atoms with Crippen molar-refractivity contribution >= 4 is 28.8 Å². The molecule has 0 saturated carbocycles. The van der Waals surface area contributed by atoms with Crippen LogP contribution in [0, 0.1) is 0 Å². The molecule has 2 nitrogen and oxygen atoms in total. The molecule has 1 aromatic rings. The summed E-state index contributed by atoms with van der Waals surface area (Å²) in [6, 6.07) is 10.9. The van der Waals surface area contributed by atoms with Crippen molar-refractivity contribution in [3.8, 4) is 0 Å². The third kappa shape index (κ3) is 3.37. The van der Waals surface area contributed by atoms with Crippen LogP contribution in [0.25, 0.3) is 0 Å². The minimum absolute atomic E-state index is 0.507. The minimum Gasteiger partial charge on any atom is -0.330 e. The second kappa shape index (κ2) is 6.53. The van der Waals surface area contributed by atoms with Gasteiger partial charge >= 0.3 is 0 Å². The summed E-state index contributed by atoms with van der Waals surface area (Å²) < 4.78 is 8.44. The molecule has 1 fully saturated rings. The molecule has 2 atom stereocenters. The maximum Gasteiger partial charge on any atom is 0.193 e. The summed E-state index contributed by atoms with van der Waals surface area (Å²) in [5.74, 6) is 0. The van der Waals surface area contributed by atoms with Crippen molar-refractivity contribution in [2.24, 2.45) is 0 Å². The molecule has 18 heavy (non-hydrogen) atoms. The Bertz CT molecular complexity index is 426. The summed E-state index contributed by atoms with van der Waals surface area (Å²) in [6.07, 6.45) is 2.22. The predicted octanol–water partition coefficient (Wildman–Crippen LogP) is 4.52. The lowest BCUT2D eigenvalue weighted by Gasteiger charge is -2.41. The maximum absolute atomic E-state index is 6.02. The summed E-state index contributed by atoms with van der Waals surface area (Å²) >= 11 is 7.63. The van der Waals surface area contributed by atoms with Crippen molar-refractivity contribution in [1.29, 1.82) is 0 Å². The number of nitrogens with zero attached hydrogens (tertiary/aromatic N) is 1. The molecule has 0 amide bonds. The largest absolute Gasteiger partial charge is 0.330 e. The van der Waals surface area contributed by atoms with Crippen LogP contribution in [0.2, 0.25) is 0 Å². The lowest BCUT2D eigenvalue weighted by atomic mass is 10.2. The van der Waals surface area contributed by atoms with Crippen molar-refractivity contribution in [1.82, 2.24) is 4.67 Å². The molecule has 1 aromatic carbocycles. The highest BCUT2D eigenvalue weighted by molar-refractivity contribution is 8.68. The Hall–Kier alpha value is 0.140. The third-order valence-corrected chi connectivity index (χ3v) is 9.50. The van der Waals surface area contributed by atoms with E-state index in [9.17, 15) is 0 Å². The van der Waals surface area contributed by atoms with Crippen LogP contribution < -0.4 is 0 Å². The zero-order valence-corrected chi connectivity index (χ0v) is 13.4. The van der Waals surface area contributed by atoms with E-state index in [2.05, 4.69) is 42.8 Å². The Morgan fingerprint density at radius 2 is 2.17 bits per heavy atom. The van der Waals surface area contributed by atoms with Gasteiger partial charge in [-0.05, 0) is 55.1 Å². The average molecular weight is 301 g/mol. The van der Waals surface area contributed by atoms with Crippen LogP contribution in [0.5, 0.6) is 0 Å². The van der Waals surface area contributed by atoms with Crippen LogP contribution in [0.3, 0.4) is 0 Å². The number of rotatable bonds is 4. The first-order chi connectivity index (χ1) is 8.65. The highest BCUT2D eigenvalue weighted by Crippen LogP contribution is 2.67. The third-order valence-electron chi connectivity index (χ3n) is 3.16. The van der Waals surface area contributed by atoms with Crippen molar-refractivity contribution in [2.75, 3.05) is 13.2 Å². The van der Waals surface area contributed by atoms with Gasteiger partial charge in [-0.25, -0.2) is 4.67 Å². The second-order valence-corrected chi connectivity index (χ2v) is 11.1. The van der Waals surface area contributed by atoms with Gasteiger partial charge in [0.2, 0.25) is 0 Å². The van der Waals surface area contributed by atoms with Crippen molar-refractivity contribution in [3.63, 3.8) is 0 Å². The Balaban J connectivity index is 2.18. The monoisotopic (exact) mass is 301 g/mol. The molecule has 0 N–H and O–H groups in total. The Morgan fingerprint density at radius 1 is 1.44 bits per heavy atom. The quantitative estimate of drug-likeness (QED) is 0.757. The molecule has 1 aliphatic heterocycles. The van der Waals surface area contributed by atoms with E-state index in [-0.39, 0.29) is 0 Å². The van der Waals surface area contributed by atoms with E-state index in [1.54, 1.807) is 11.4 Å².